The highest BCUT2D eigenvalue weighted by Crippen LogP contribution is 2.29. The first-order chi connectivity index (χ1) is 16.0. The fraction of sp³-hybridized carbons (Fsp3) is 0.125. The summed E-state index contributed by atoms with van der Waals surface area (Å²) in [4.78, 5) is 12.4. The number of anilines is 1. The summed E-state index contributed by atoms with van der Waals surface area (Å²) in [6, 6.07) is 22.6. The van der Waals surface area contributed by atoms with Gasteiger partial charge < -0.3 is 10.1 Å². The van der Waals surface area contributed by atoms with Gasteiger partial charge in [-0.1, -0.05) is 53.7 Å². The minimum absolute atomic E-state index is 0.121. The number of carbonyl (C=O) groups excluding carboxylic acids is 1. The number of amides is 1. The Morgan fingerprint density at radius 2 is 1.76 bits per heavy atom. The molecule has 1 aromatic heterocycles. The molecule has 33 heavy (non-hydrogen) atoms. The Kier molecular flexibility index (Phi) is 7.26. The Morgan fingerprint density at radius 3 is 2.48 bits per heavy atom. The van der Waals surface area contributed by atoms with E-state index in [-0.39, 0.29) is 17.4 Å². The van der Waals surface area contributed by atoms with Crippen LogP contribution >= 0.6 is 23.4 Å². The van der Waals surface area contributed by atoms with Gasteiger partial charge in [-0.25, -0.2) is 4.39 Å². The second kappa shape index (κ2) is 10.5. The molecule has 6 nitrogen and oxygen atoms in total. The van der Waals surface area contributed by atoms with E-state index in [0.717, 1.165) is 5.69 Å². The van der Waals surface area contributed by atoms with E-state index in [1.165, 1.54) is 17.8 Å². The van der Waals surface area contributed by atoms with E-state index in [2.05, 4.69) is 15.5 Å². The number of para-hydroxylation sites is 2. The molecule has 0 fully saturated rings. The molecule has 0 aliphatic heterocycles. The molecule has 1 N–H and O–H groups in total. The molecule has 1 heterocycles. The number of ether oxygens (including phenoxy) is 1. The normalized spacial score (nSPS) is 11.7. The van der Waals surface area contributed by atoms with Gasteiger partial charge in [0.1, 0.15) is 0 Å². The van der Waals surface area contributed by atoms with Crippen molar-refractivity contribution in [3.63, 3.8) is 0 Å². The van der Waals surface area contributed by atoms with Crippen LogP contribution in [0.1, 0.15) is 18.9 Å². The number of carbonyl (C=O) groups is 1. The molecule has 1 unspecified atom stereocenters. The van der Waals surface area contributed by atoms with Crippen molar-refractivity contribution in [3.8, 4) is 11.4 Å². The Bertz CT molecular complexity index is 1230. The van der Waals surface area contributed by atoms with Crippen LogP contribution in [-0.4, -0.2) is 26.4 Å². The van der Waals surface area contributed by atoms with Crippen LogP contribution in [0.2, 0.25) is 5.02 Å². The topological polar surface area (TPSA) is 69.0 Å². The molecule has 3 aromatic carbocycles. The van der Waals surface area contributed by atoms with Gasteiger partial charge in [0.2, 0.25) is 5.91 Å². The summed E-state index contributed by atoms with van der Waals surface area (Å²) >= 11 is 7.13. The number of halogens is 2. The van der Waals surface area contributed by atoms with Gasteiger partial charge >= 0.3 is 0 Å². The average molecular weight is 483 g/mol. The molecule has 0 bridgehead atoms. The second-order valence-corrected chi connectivity index (χ2v) is 8.42. The molecular formula is C24H20ClFN4O2S. The van der Waals surface area contributed by atoms with Crippen molar-refractivity contribution in [3.05, 3.63) is 95.5 Å². The molecule has 168 valence electrons. The van der Waals surface area contributed by atoms with Crippen LogP contribution in [0, 0.1) is 5.82 Å². The molecule has 0 spiro atoms. The maximum absolute atomic E-state index is 14.1. The van der Waals surface area contributed by atoms with Crippen LogP contribution < -0.4 is 10.1 Å². The lowest BCUT2D eigenvalue weighted by molar-refractivity contribution is -0.113. The number of hydrogen-bond donors (Lipinski definition) is 1. The SMILES string of the molecule is CC(Oc1ccccc1F)c1nnc(SCC(=O)Nc2ccc(Cl)cc2)n1-c1ccccc1. The number of aromatic nitrogens is 3. The first-order valence-corrected chi connectivity index (χ1v) is 11.5. The lowest BCUT2D eigenvalue weighted by atomic mass is 10.3. The third-order valence-corrected chi connectivity index (χ3v) is 5.82. The van der Waals surface area contributed by atoms with Crippen LogP contribution in [0.4, 0.5) is 10.1 Å². The monoisotopic (exact) mass is 482 g/mol. The smallest absolute Gasteiger partial charge is 0.234 e. The number of nitrogens with one attached hydrogen (secondary N) is 1. The van der Waals surface area contributed by atoms with E-state index in [1.807, 2.05) is 34.9 Å². The number of hydrogen-bond acceptors (Lipinski definition) is 5. The molecule has 0 saturated carbocycles. The molecule has 1 atom stereocenters. The van der Waals surface area contributed by atoms with E-state index in [9.17, 15) is 9.18 Å². The zero-order valence-electron chi connectivity index (χ0n) is 17.6. The maximum atomic E-state index is 14.1. The predicted molar refractivity (Wildman–Crippen MR) is 128 cm³/mol. The largest absolute Gasteiger partial charge is 0.480 e. The van der Waals surface area contributed by atoms with Crippen molar-refractivity contribution < 1.29 is 13.9 Å². The molecule has 1 amide bonds. The van der Waals surface area contributed by atoms with Crippen LogP contribution in [-0.2, 0) is 4.79 Å². The number of rotatable bonds is 8. The van der Waals surface area contributed by atoms with Crippen LogP contribution in [0.5, 0.6) is 5.75 Å². The minimum atomic E-state index is -0.591. The quantitative estimate of drug-likeness (QED) is 0.315. The zero-order chi connectivity index (χ0) is 23.2. The third-order valence-electron chi connectivity index (χ3n) is 4.64. The highest BCUT2D eigenvalue weighted by Gasteiger charge is 2.22. The van der Waals surface area contributed by atoms with Gasteiger partial charge in [0.15, 0.2) is 28.7 Å². The van der Waals surface area contributed by atoms with Gasteiger partial charge in [0.05, 0.1) is 5.75 Å². The Balaban J connectivity index is 1.54. The van der Waals surface area contributed by atoms with Crippen LogP contribution in [0.25, 0.3) is 5.69 Å². The van der Waals surface area contributed by atoms with E-state index in [1.54, 1.807) is 49.4 Å². The predicted octanol–water partition coefficient (Wildman–Crippen LogP) is 5.93. The first kappa shape index (κ1) is 22.8. The molecule has 0 aliphatic rings. The molecule has 9 heteroatoms. The number of thioether (sulfide) groups is 1. The van der Waals surface area contributed by atoms with Crippen molar-refractivity contribution in [2.75, 3.05) is 11.1 Å². The Morgan fingerprint density at radius 1 is 1.06 bits per heavy atom. The number of nitrogens with zero attached hydrogens (tertiary/aromatic N) is 3. The van der Waals surface area contributed by atoms with Gasteiger partial charge in [-0.3, -0.25) is 9.36 Å². The van der Waals surface area contributed by atoms with Crippen molar-refractivity contribution in [1.82, 2.24) is 14.8 Å². The van der Waals surface area contributed by atoms with E-state index in [0.29, 0.717) is 21.7 Å². The fourth-order valence-electron chi connectivity index (χ4n) is 3.10. The molecule has 0 aliphatic carbocycles. The summed E-state index contributed by atoms with van der Waals surface area (Å²) in [5.41, 5.74) is 1.46. The maximum Gasteiger partial charge on any atom is 0.234 e. The van der Waals surface area contributed by atoms with E-state index < -0.39 is 11.9 Å². The van der Waals surface area contributed by atoms with E-state index in [4.69, 9.17) is 16.3 Å². The van der Waals surface area contributed by atoms with Gasteiger partial charge in [-0.15, -0.1) is 10.2 Å². The summed E-state index contributed by atoms with van der Waals surface area (Å²) in [5.74, 6) is 0.0934. The lowest BCUT2D eigenvalue weighted by Gasteiger charge is -2.17. The summed E-state index contributed by atoms with van der Waals surface area (Å²) < 4.78 is 21.7. The molecule has 0 radical (unpaired) electrons. The van der Waals surface area contributed by atoms with E-state index >= 15 is 0 Å². The van der Waals surface area contributed by atoms with Gasteiger partial charge in [0, 0.05) is 16.4 Å². The third kappa shape index (κ3) is 5.71. The zero-order valence-corrected chi connectivity index (χ0v) is 19.2. The number of benzene rings is 3. The second-order valence-electron chi connectivity index (χ2n) is 7.05. The average Bonchev–Trinajstić information content (AvgIpc) is 3.25. The fourth-order valence-corrected chi connectivity index (χ4v) is 3.99. The van der Waals surface area contributed by atoms with Gasteiger partial charge in [-0.2, -0.15) is 0 Å². The van der Waals surface area contributed by atoms with Crippen LogP contribution in [0.15, 0.2) is 84.0 Å². The minimum Gasteiger partial charge on any atom is -0.480 e. The molecular weight excluding hydrogens is 463 g/mol. The highest BCUT2D eigenvalue weighted by molar-refractivity contribution is 7.99. The van der Waals surface area contributed by atoms with Crippen molar-refractivity contribution >= 4 is 35.0 Å². The molecule has 4 aromatic rings. The molecule has 4 rings (SSSR count). The lowest BCUT2D eigenvalue weighted by Crippen LogP contribution is -2.15. The Labute approximate surface area is 199 Å². The first-order valence-electron chi connectivity index (χ1n) is 10.1. The van der Waals surface area contributed by atoms with Crippen molar-refractivity contribution in [2.24, 2.45) is 0 Å². The van der Waals surface area contributed by atoms with Gasteiger partial charge in [-0.05, 0) is 55.5 Å². The standard InChI is InChI=1S/C24H20ClFN4O2S/c1-16(32-21-10-6-5-9-20(21)26)23-28-29-24(30(23)19-7-3-2-4-8-19)33-15-22(31)27-18-13-11-17(25)12-14-18/h2-14,16H,15H2,1H3,(H,27,31). The van der Waals surface area contributed by atoms with Crippen LogP contribution in [0.3, 0.4) is 0 Å². The summed E-state index contributed by atoms with van der Waals surface area (Å²) in [7, 11) is 0. The van der Waals surface area contributed by atoms with Gasteiger partial charge in [0.25, 0.3) is 0 Å². The summed E-state index contributed by atoms with van der Waals surface area (Å²) in [6.07, 6.45) is -0.591. The molecule has 0 saturated heterocycles. The van der Waals surface area contributed by atoms with Crippen molar-refractivity contribution in [2.45, 2.75) is 18.2 Å². The highest BCUT2D eigenvalue weighted by atomic mass is 35.5. The summed E-state index contributed by atoms with van der Waals surface area (Å²) in [5, 5.41) is 12.5. The summed E-state index contributed by atoms with van der Waals surface area (Å²) in [6.45, 7) is 1.78. The van der Waals surface area contributed by atoms with Crippen molar-refractivity contribution in [1.29, 1.82) is 0 Å². The Hall–Kier alpha value is -3.36.